The van der Waals surface area contributed by atoms with Gasteiger partial charge in [0.1, 0.15) is 0 Å². The van der Waals surface area contributed by atoms with Crippen LogP contribution in [0.25, 0.3) is 0 Å². The van der Waals surface area contributed by atoms with Crippen LogP contribution in [-0.4, -0.2) is 11.1 Å². The second kappa shape index (κ2) is 4.61. The molecular weight excluding hydrogens is 222 g/mol. The first-order chi connectivity index (χ1) is 7.72. The second-order valence-corrected chi connectivity index (χ2v) is 4.70. The summed E-state index contributed by atoms with van der Waals surface area (Å²) in [6.07, 6.45) is 2.41. The molecule has 2 rings (SSSR count). The molecule has 0 aliphatic carbocycles. The van der Waals surface area contributed by atoms with E-state index in [1.54, 1.807) is 6.20 Å². The first kappa shape index (κ1) is 11.1. The maximum atomic E-state index is 11.1. The minimum atomic E-state index is -0.762. The number of carboxylic acid groups (broad SMARTS) is 1. The Morgan fingerprint density at radius 2 is 2.25 bits per heavy atom. The van der Waals surface area contributed by atoms with Crippen LogP contribution in [0, 0.1) is 5.92 Å². The molecule has 1 unspecified atom stereocenters. The third-order valence-electron chi connectivity index (χ3n) is 2.53. The summed E-state index contributed by atoms with van der Waals surface area (Å²) in [5, 5.41) is 12.2. The minimum absolute atomic E-state index is 0.411. The summed E-state index contributed by atoms with van der Waals surface area (Å²) in [5.41, 5.74) is 1.04. The van der Waals surface area contributed by atoms with E-state index in [1.165, 1.54) is 11.8 Å². The monoisotopic (exact) mass is 235 g/mol. The number of aliphatic carboxylic acids is 1. The smallest absolute Gasteiger partial charge is 0.311 e. The highest BCUT2D eigenvalue weighted by Gasteiger charge is 2.24. The Kier molecular flexibility index (Phi) is 3.19. The van der Waals surface area contributed by atoms with Crippen molar-refractivity contribution in [2.45, 2.75) is 18.2 Å². The fourth-order valence-electron chi connectivity index (χ4n) is 1.65. The SMILES string of the molecule is CCC(C(=O)O)C1=CNc2ccccc2S1. The van der Waals surface area contributed by atoms with Crippen LogP contribution in [0.1, 0.15) is 13.3 Å². The number of benzene rings is 1. The lowest BCUT2D eigenvalue weighted by molar-refractivity contribution is -0.140. The fourth-order valence-corrected chi connectivity index (χ4v) is 2.81. The molecule has 1 aromatic rings. The van der Waals surface area contributed by atoms with E-state index in [0.717, 1.165) is 15.5 Å². The number of rotatable bonds is 3. The van der Waals surface area contributed by atoms with Gasteiger partial charge in [-0.2, -0.15) is 0 Å². The van der Waals surface area contributed by atoms with Crippen LogP contribution in [0.4, 0.5) is 5.69 Å². The predicted octanol–water partition coefficient (Wildman–Crippen LogP) is 3.16. The van der Waals surface area contributed by atoms with Gasteiger partial charge in [-0.1, -0.05) is 30.8 Å². The molecule has 4 heteroatoms. The highest BCUT2D eigenvalue weighted by Crippen LogP contribution is 2.40. The fraction of sp³-hybridized carbons (Fsp3) is 0.250. The van der Waals surface area contributed by atoms with Crippen molar-refractivity contribution in [2.75, 3.05) is 5.32 Å². The molecule has 1 aromatic carbocycles. The molecular formula is C12H13NO2S. The van der Waals surface area contributed by atoms with Gasteiger partial charge in [-0.3, -0.25) is 4.79 Å². The average molecular weight is 235 g/mol. The van der Waals surface area contributed by atoms with Crippen molar-refractivity contribution in [2.24, 2.45) is 5.92 Å². The molecule has 0 radical (unpaired) electrons. The molecule has 0 saturated carbocycles. The number of hydrogen-bond donors (Lipinski definition) is 2. The van der Waals surface area contributed by atoms with Crippen molar-refractivity contribution in [3.05, 3.63) is 35.4 Å². The molecule has 0 amide bonds. The van der Waals surface area contributed by atoms with Crippen LogP contribution in [-0.2, 0) is 4.79 Å². The van der Waals surface area contributed by atoms with Gasteiger partial charge in [-0.25, -0.2) is 0 Å². The standard InChI is InChI=1S/C12H13NO2S/c1-2-8(12(14)15)11-7-13-9-5-3-4-6-10(9)16-11/h3-8,13H,2H2,1H3,(H,14,15). The predicted molar refractivity (Wildman–Crippen MR) is 65.4 cm³/mol. The van der Waals surface area contributed by atoms with Gasteiger partial charge in [0.05, 0.1) is 11.6 Å². The summed E-state index contributed by atoms with van der Waals surface area (Å²) in [7, 11) is 0. The Hall–Kier alpha value is -1.42. The van der Waals surface area contributed by atoms with Gasteiger partial charge >= 0.3 is 5.97 Å². The molecule has 0 fully saturated rings. The molecule has 1 heterocycles. The normalized spacial score (nSPS) is 15.7. The number of nitrogens with one attached hydrogen (secondary N) is 1. The molecule has 1 aliphatic rings. The van der Waals surface area contributed by atoms with Gasteiger partial charge in [0.25, 0.3) is 0 Å². The summed E-state index contributed by atoms with van der Waals surface area (Å²) in [6.45, 7) is 1.89. The molecule has 2 N–H and O–H groups in total. The Morgan fingerprint density at radius 1 is 1.50 bits per heavy atom. The average Bonchev–Trinajstić information content (AvgIpc) is 2.29. The summed E-state index contributed by atoms with van der Waals surface area (Å²) < 4.78 is 0. The minimum Gasteiger partial charge on any atom is -0.481 e. The number of carboxylic acids is 1. The topological polar surface area (TPSA) is 49.3 Å². The van der Waals surface area contributed by atoms with Gasteiger partial charge < -0.3 is 10.4 Å². The maximum Gasteiger partial charge on any atom is 0.311 e. The van der Waals surface area contributed by atoms with E-state index in [0.29, 0.717) is 6.42 Å². The van der Waals surface area contributed by atoms with Gasteiger partial charge in [-0.15, -0.1) is 0 Å². The Balaban J connectivity index is 2.23. The van der Waals surface area contributed by atoms with E-state index in [-0.39, 0.29) is 0 Å². The Morgan fingerprint density at radius 3 is 2.94 bits per heavy atom. The van der Waals surface area contributed by atoms with Crippen molar-refractivity contribution in [3.8, 4) is 0 Å². The van der Waals surface area contributed by atoms with Crippen molar-refractivity contribution in [1.29, 1.82) is 0 Å². The van der Waals surface area contributed by atoms with Crippen LogP contribution < -0.4 is 5.32 Å². The summed E-state index contributed by atoms with van der Waals surface area (Å²) in [4.78, 5) is 13.0. The number of para-hydroxylation sites is 1. The third kappa shape index (κ3) is 2.07. The van der Waals surface area contributed by atoms with Crippen LogP contribution in [0.15, 0.2) is 40.3 Å². The lowest BCUT2D eigenvalue weighted by atomic mass is 10.1. The highest BCUT2D eigenvalue weighted by atomic mass is 32.2. The van der Waals surface area contributed by atoms with Crippen molar-refractivity contribution >= 4 is 23.4 Å². The van der Waals surface area contributed by atoms with Crippen molar-refractivity contribution in [1.82, 2.24) is 0 Å². The van der Waals surface area contributed by atoms with E-state index in [4.69, 9.17) is 5.11 Å². The van der Waals surface area contributed by atoms with Gasteiger partial charge in [0, 0.05) is 16.0 Å². The molecule has 16 heavy (non-hydrogen) atoms. The molecule has 1 atom stereocenters. The molecule has 0 spiro atoms. The van der Waals surface area contributed by atoms with Gasteiger partial charge in [0.2, 0.25) is 0 Å². The summed E-state index contributed by atoms with van der Waals surface area (Å²) >= 11 is 1.54. The molecule has 0 saturated heterocycles. The number of thioether (sulfide) groups is 1. The van der Waals surface area contributed by atoms with E-state index < -0.39 is 11.9 Å². The van der Waals surface area contributed by atoms with Crippen molar-refractivity contribution < 1.29 is 9.90 Å². The Labute approximate surface area is 98.6 Å². The maximum absolute atomic E-state index is 11.1. The van der Waals surface area contributed by atoms with E-state index >= 15 is 0 Å². The zero-order valence-electron chi connectivity index (χ0n) is 8.93. The van der Waals surface area contributed by atoms with Crippen molar-refractivity contribution in [3.63, 3.8) is 0 Å². The zero-order chi connectivity index (χ0) is 11.5. The van der Waals surface area contributed by atoms with Gasteiger partial charge in [0.15, 0.2) is 0 Å². The first-order valence-corrected chi connectivity index (χ1v) is 6.00. The lowest BCUT2D eigenvalue weighted by Gasteiger charge is -2.21. The summed E-state index contributed by atoms with van der Waals surface area (Å²) in [5.74, 6) is -1.17. The quantitative estimate of drug-likeness (QED) is 0.845. The Bertz CT molecular complexity index is 442. The number of carbonyl (C=O) groups is 1. The van der Waals surface area contributed by atoms with Gasteiger partial charge in [-0.05, 0) is 18.6 Å². The molecule has 84 valence electrons. The summed E-state index contributed by atoms with van der Waals surface area (Å²) in [6, 6.07) is 7.89. The van der Waals surface area contributed by atoms with Crippen LogP contribution >= 0.6 is 11.8 Å². The lowest BCUT2D eigenvalue weighted by Crippen LogP contribution is -2.16. The van der Waals surface area contributed by atoms with E-state index in [2.05, 4.69) is 5.32 Å². The zero-order valence-corrected chi connectivity index (χ0v) is 9.75. The van der Waals surface area contributed by atoms with E-state index in [9.17, 15) is 4.79 Å². The second-order valence-electron chi connectivity index (χ2n) is 3.59. The van der Waals surface area contributed by atoms with Crippen LogP contribution in [0.3, 0.4) is 0 Å². The number of fused-ring (bicyclic) bond motifs is 1. The highest BCUT2D eigenvalue weighted by molar-refractivity contribution is 8.03. The number of anilines is 1. The molecule has 0 aromatic heterocycles. The van der Waals surface area contributed by atoms with E-state index in [1.807, 2.05) is 31.2 Å². The van der Waals surface area contributed by atoms with Crippen LogP contribution in [0.2, 0.25) is 0 Å². The molecule has 0 bridgehead atoms. The molecule has 3 nitrogen and oxygen atoms in total. The largest absolute Gasteiger partial charge is 0.481 e. The van der Waals surface area contributed by atoms with Crippen LogP contribution in [0.5, 0.6) is 0 Å². The third-order valence-corrected chi connectivity index (χ3v) is 3.75. The first-order valence-electron chi connectivity index (χ1n) is 5.18. The number of hydrogen-bond acceptors (Lipinski definition) is 3. The molecule has 1 aliphatic heterocycles.